The van der Waals surface area contributed by atoms with Crippen molar-refractivity contribution in [2.24, 2.45) is 0 Å². The second-order valence-electron chi connectivity index (χ2n) is 3.39. The van der Waals surface area contributed by atoms with Crippen molar-refractivity contribution in [2.75, 3.05) is 0 Å². The van der Waals surface area contributed by atoms with E-state index in [9.17, 15) is 4.79 Å². The summed E-state index contributed by atoms with van der Waals surface area (Å²) in [5, 5.41) is 7.91. The highest BCUT2D eigenvalue weighted by atomic mass is 35.5. The minimum atomic E-state index is -0.303. The molecular formula is C10H9ClN4O. The van der Waals surface area contributed by atoms with Gasteiger partial charge in [0.05, 0.1) is 12.2 Å². The minimum Gasteiger partial charge on any atom is -0.293 e. The van der Waals surface area contributed by atoms with Crippen LogP contribution in [0.25, 0.3) is 0 Å². The third-order valence-electron chi connectivity index (χ3n) is 2.00. The molecular weight excluding hydrogens is 228 g/mol. The topological polar surface area (TPSA) is 60.7 Å². The Hall–Kier alpha value is -1.75. The van der Waals surface area contributed by atoms with Gasteiger partial charge in [-0.1, -0.05) is 11.6 Å². The fraction of sp³-hybridized carbons (Fsp3) is 0.200. The van der Waals surface area contributed by atoms with Crippen LogP contribution in [0.5, 0.6) is 0 Å². The van der Waals surface area contributed by atoms with E-state index in [0.29, 0.717) is 17.4 Å². The van der Waals surface area contributed by atoms with E-state index < -0.39 is 0 Å². The monoisotopic (exact) mass is 236 g/mol. The van der Waals surface area contributed by atoms with Crippen molar-refractivity contribution in [3.63, 3.8) is 0 Å². The highest BCUT2D eigenvalue weighted by Crippen LogP contribution is 2.03. The van der Waals surface area contributed by atoms with Crippen molar-refractivity contribution >= 4 is 11.6 Å². The third kappa shape index (κ3) is 2.43. The van der Waals surface area contributed by atoms with E-state index >= 15 is 0 Å². The Morgan fingerprint density at radius 3 is 2.88 bits per heavy atom. The quantitative estimate of drug-likeness (QED) is 0.782. The average molecular weight is 237 g/mol. The molecule has 16 heavy (non-hydrogen) atoms. The molecule has 0 unspecified atom stereocenters. The van der Waals surface area contributed by atoms with Crippen LogP contribution in [-0.4, -0.2) is 19.7 Å². The molecule has 0 fully saturated rings. The molecule has 0 amide bonds. The van der Waals surface area contributed by atoms with Gasteiger partial charge in [-0.05, 0) is 24.6 Å². The first-order valence-corrected chi connectivity index (χ1v) is 5.04. The van der Waals surface area contributed by atoms with Crippen molar-refractivity contribution in [3.05, 3.63) is 51.4 Å². The molecule has 0 saturated heterocycles. The highest BCUT2D eigenvalue weighted by Gasteiger charge is 2.01. The Morgan fingerprint density at radius 2 is 2.19 bits per heavy atom. The van der Waals surface area contributed by atoms with Crippen molar-refractivity contribution < 1.29 is 0 Å². The van der Waals surface area contributed by atoms with Gasteiger partial charge in [0.15, 0.2) is 5.15 Å². The summed E-state index contributed by atoms with van der Waals surface area (Å²) in [7, 11) is 0. The number of aryl methyl sites for hydroxylation is 1. The summed E-state index contributed by atoms with van der Waals surface area (Å²) in [6.07, 6.45) is 3.26. The Kier molecular flexibility index (Phi) is 2.96. The molecule has 82 valence electrons. The van der Waals surface area contributed by atoms with E-state index in [1.54, 1.807) is 18.3 Å². The van der Waals surface area contributed by atoms with Gasteiger partial charge in [-0.25, -0.2) is 9.78 Å². The van der Waals surface area contributed by atoms with Gasteiger partial charge in [0.25, 0.3) is 0 Å². The molecule has 0 radical (unpaired) electrons. The van der Waals surface area contributed by atoms with Crippen LogP contribution in [0.4, 0.5) is 0 Å². The van der Waals surface area contributed by atoms with Crippen LogP contribution in [0.15, 0.2) is 29.3 Å². The second-order valence-corrected chi connectivity index (χ2v) is 3.78. The fourth-order valence-electron chi connectivity index (χ4n) is 1.28. The van der Waals surface area contributed by atoms with E-state index in [4.69, 9.17) is 11.6 Å². The Bertz CT molecular complexity index is 549. The number of rotatable bonds is 2. The summed E-state index contributed by atoms with van der Waals surface area (Å²) in [5.74, 6) is 0. The normalized spacial score (nSPS) is 10.4. The van der Waals surface area contributed by atoms with Crippen molar-refractivity contribution in [1.29, 1.82) is 0 Å². The predicted molar refractivity (Wildman–Crippen MR) is 59.4 cm³/mol. The van der Waals surface area contributed by atoms with Crippen LogP contribution in [0.3, 0.4) is 0 Å². The molecule has 2 aromatic rings. The Morgan fingerprint density at radius 1 is 1.38 bits per heavy atom. The molecule has 6 heteroatoms. The van der Waals surface area contributed by atoms with Crippen LogP contribution in [0, 0.1) is 6.92 Å². The van der Waals surface area contributed by atoms with Crippen molar-refractivity contribution in [1.82, 2.24) is 19.7 Å². The predicted octanol–water partition coefficient (Wildman–Crippen LogP) is 1.04. The van der Waals surface area contributed by atoms with Gasteiger partial charge < -0.3 is 0 Å². The molecule has 0 N–H and O–H groups in total. The van der Waals surface area contributed by atoms with Gasteiger partial charge in [0.2, 0.25) is 0 Å². The lowest BCUT2D eigenvalue weighted by molar-refractivity contribution is 0.694. The van der Waals surface area contributed by atoms with Gasteiger partial charge in [0.1, 0.15) is 0 Å². The zero-order valence-electron chi connectivity index (χ0n) is 8.59. The first kappa shape index (κ1) is 10.8. The molecule has 2 aromatic heterocycles. The number of nitrogens with zero attached hydrogens (tertiary/aromatic N) is 4. The average Bonchev–Trinajstić information content (AvgIpc) is 2.27. The van der Waals surface area contributed by atoms with Gasteiger partial charge in [-0.15, -0.1) is 5.10 Å². The maximum atomic E-state index is 11.4. The molecule has 2 heterocycles. The van der Waals surface area contributed by atoms with Crippen LogP contribution in [0.2, 0.25) is 5.15 Å². The number of hydrogen-bond acceptors (Lipinski definition) is 4. The maximum absolute atomic E-state index is 11.4. The summed E-state index contributed by atoms with van der Waals surface area (Å²) in [6, 6.07) is 3.36. The van der Waals surface area contributed by atoms with Crippen molar-refractivity contribution in [2.45, 2.75) is 13.5 Å². The molecule has 0 saturated carbocycles. The molecule has 0 spiro atoms. The largest absolute Gasteiger partial charge is 0.347 e. The first-order chi connectivity index (χ1) is 7.65. The van der Waals surface area contributed by atoms with Gasteiger partial charge in [0, 0.05) is 12.4 Å². The molecule has 0 aliphatic rings. The van der Waals surface area contributed by atoms with Crippen LogP contribution in [-0.2, 0) is 6.54 Å². The highest BCUT2D eigenvalue weighted by molar-refractivity contribution is 6.29. The van der Waals surface area contributed by atoms with E-state index in [-0.39, 0.29) is 5.69 Å². The molecule has 0 atom stereocenters. The lowest BCUT2D eigenvalue weighted by atomic mass is 10.3. The molecule has 2 rings (SSSR count). The standard InChI is InChI=1S/C10H9ClN4O/c1-7-4-12-10(16)15(5-7)6-8-2-3-9(11)14-13-8/h2-5H,6H2,1H3. The summed E-state index contributed by atoms with van der Waals surface area (Å²) in [6.45, 7) is 2.22. The first-order valence-electron chi connectivity index (χ1n) is 4.66. The maximum Gasteiger partial charge on any atom is 0.347 e. The van der Waals surface area contributed by atoms with Gasteiger partial charge >= 0.3 is 5.69 Å². The number of aromatic nitrogens is 4. The molecule has 5 nitrogen and oxygen atoms in total. The van der Waals surface area contributed by atoms with E-state index in [1.807, 2.05) is 6.92 Å². The Labute approximate surface area is 96.7 Å². The molecule has 0 aromatic carbocycles. The smallest absolute Gasteiger partial charge is 0.293 e. The summed E-state index contributed by atoms with van der Waals surface area (Å²) < 4.78 is 1.48. The molecule has 0 aliphatic heterocycles. The SMILES string of the molecule is Cc1cnc(=O)n(Cc2ccc(Cl)nn2)c1. The minimum absolute atomic E-state index is 0.303. The summed E-state index contributed by atoms with van der Waals surface area (Å²) in [4.78, 5) is 15.1. The third-order valence-corrected chi connectivity index (χ3v) is 2.20. The lowest BCUT2D eigenvalue weighted by Gasteiger charge is -2.04. The summed E-state index contributed by atoms with van der Waals surface area (Å²) >= 11 is 5.62. The van der Waals surface area contributed by atoms with E-state index in [1.165, 1.54) is 10.8 Å². The second kappa shape index (κ2) is 4.40. The number of halogens is 1. The fourth-order valence-corrected chi connectivity index (χ4v) is 1.38. The zero-order chi connectivity index (χ0) is 11.5. The zero-order valence-corrected chi connectivity index (χ0v) is 9.35. The van der Waals surface area contributed by atoms with Crippen LogP contribution in [0.1, 0.15) is 11.3 Å². The molecule has 0 bridgehead atoms. The lowest BCUT2D eigenvalue weighted by Crippen LogP contribution is -2.23. The summed E-state index contributed by atoms with van der Waals surface area (Å²) in [5.41, 5.74) is 1.28. The van der Waals surface area contributed by atoms with Crippen LogP contribution < -0.4 is 5.69 Å². The van der Waals surface area contributed by atoms with Crippen molar-refractivity contribution in [3.8, 4) is 0 Å². The molecule has 0 aliphatic carbocycles. The number of hydrogen-bond donors (Lipinski definition) is 0. The Balaban J connectivity index is 2.30. The van der Waals surface area contributed by atoms with E-state index in [0.717, 1.165) is 5.56 Å². The van der Waals surface area contributed by atoms with Crippen LogP contribution >= 0.6 is 11.6 Å². The van der Waals surface area contributed by atoms with E-state index in [2.05, 4.69) is 15.2 Å². The van der Waals surface area contributed by atoms with Gasteiger partial charge in [-0.2, -0.15) is 5.10 Å². The van der Waals surface area contributed by atoms with Gasteiger partial charge in [-0.3, -0.25) is 4.57 Å².